The van der Waals surface area contributed by atoms with Gasteiger partial charge in [0.2, 0.25) is 10.0 Å². The third-order valence-corrected chi connectivity index (χ3v) is 7.39. The van der Waals surface area contributed by atoms with Gasteiger partial charge in [0.05, 0.1) is 11.8 Å². The second kappa shape index (κ2) is 11.3. The zero-order valence-electron chi connectivity index (χ0n) is 20.1. The van der Waals surface area contributed by atoms with Gasteiger partial charge in [-0.2, -0.15) is 0 Å². The Morgan fingerprint density at radius 2 is 1.43 bits per heavy atom. The van der Waals surface area contributed by atoms with Crippen LogP contribution in [0.1, 0.15) is 22.8 Å². The molecule has 0 aliphatic carbocycles. The summed E-state index contributed by atoms with van der Waals surface area (Å²) in [6.07, 6.45) is -0.871. The molecule has 0 spiro atoms. The Morgan fingerprint density at radius 1 is 0.886 bits per heavy atom. The summed E-state index contributed by atoms with van der Waals surface area (Å²) in [6.45, 7) is 4.82. The van der Waals surface area contributed by atoms with Crippen LogP contribution >= 0.6 is 0 Å². The van der Waals surface area contributed by atoms with E-state index in [1.807, 2.05) is 54.4 Å². The second-order valence-electron chi connectivity index (χ2n) is 9.22. The van der Waals surface area contributed by atoms with Gasteiger partial charge in [-0.15, -0.1) is 0 Å². The van der Waals surface area contributed by atoms with Gasteiger partial charge in [-0.1, -0.05) is 66.7 Å². The molecule has 3 N–H and O–H groups in total. The van der Waals surface area contributed by atoms with Crippen molar-refractivity contribution in [2.45, 2.75) is 24.1 Å². The zero-order chi connectivity index (χ0) is 24.8. The number of aliphatic hydroxyl groups is 1. The van der Waals surface area contributed by atoms with Crippen molar-refractivity contribution in [2.24, 2.45) is 5.14 Å². The number of nitrogens with zero attached hydrogens (tertiary/aromatic N) is 3. The van der Waals surface area contributed by atoms with Crippen molar-refractivity contribution in [3.05, 3.63) is 95.6 Å². The first-order valence-electron chi connectivity index (χ1n) is 11.9. The van der Waals surface area contributed by atoms with Crippen LogP contribution in [0.15, 0.2) is 83.8 Å². The van der Waals surface area contributed by atoms with Crippen LogP contribution in [-0.4, -0.2) is 63.1 Å². The SMILES string of the molecule is CN1CCN(c2ccc(C(O)CN(Cc3ccccc3)Cc3ccccc3)cc2S(N)(=O)=O)CC1. The summed E-state index contributed by atoms with van der Waals surface area (Å²) >= 11 is 0. The van der Waals surface area contributed by atoms with E-state index in [0.717, 1.165) is 37.3 Å². The van der Waals surface area contributed by atoms with Crippen molar-refractivity contribution in [3.8, 4) is 0 Å². The minimum Gasteiger partial charge on any atom is -0.387 e. The lowest BCUT2D eigenvalue weighted by Crippen LogP contribution is -2.45. The molecule has 0 saturated carbocycles. The van der Waals surface area contributed by atoms with Crippen LogP contribution in [0, 0.1) is 0 Å². The van der Waals surface area contributed by atoms with Gasteiger partial charge in [0.1, 0.15) is 4.90 Å². The molecule has 0 amide bonds. The average molecular weight is 495 g/mol. The maximum atomic E-state index is 12.5. The Hall–Kier alpha value is -2.75. The van der Waals surface area contributed by atoms with Gasteiger partial charge >= 0.3 is 0 Å². The molecular weight excluding hydrogens is 460 g/mol. The van der Waals surface area contributed by atoms with Gasteiger partial charge in [0.15, 0.2) is 0 Å². The van der Waals surface area contributed by atoms with Crippen molar-refractivity contribution >= 4 is 15.7 Å². The molecule has 1 saturated heterocycles. The molecule has 3 aromatic carbocycles. The summed E-state index contributed by atoms with van der Waals surface area (Å²) in [4.78, 5) is 6.49. The van der Waals surface area contributed by atoms with E-state index in [2.05, 4.69) is 34.1 Å². The molecule has 186 valence electrons. The Balaban J connectivity index is 1.57. The first-order valence-corrected chi connectivity index (χ1v) is 13.4. The number of benzene rings is 3. The molecule has 3 aromatic rings. The minimum absolute atomic E-state index is 0.0660. The lowest BCUT2D eigenvalue weighted by molar-refractivity contribution is 0.105. The Bertz CT molecular complexity index is 1160. The molecule has 1 fully saturated rings. The number of anilines is 1. The predicted octanol–water partition coefficient (Wildman–Crippen LogP) is 2.82. The minimum atomic E-state index is -3.96. The van der Waals surface area contributed by atoms with Crippen LogP contribution in [0.3, 0.4) is 0 Å². The molecule has 7 nitrogen and oxygen atoms in total. The molecule has 1 aliphatic rings. The van der Waals surface area contributed by atoms with E-state index < -0.39 is 16.1 Å². The number of aliphatic hydroxyl groups excluding tert-OH is 1. The number of nitrogens with two attached hydrogens (primary N) is 1. The summed E-state index contributed by atoms with van der Waals surface area (Å²) < 4.78 is 25.0. The van der Waals surface area contributed by atoms with Crippen molar-refractivity contribution in [1.29, 1.82) is 0 Å². The Morgan fingerprint density at radius 3 is 1.94 bits per heavy atom. The molecule has 0 radical (unpaired) electrons. The van der Waals surface area contributed by atoms with Gasteiger partial charge in [-0.3, -0.25) is 4.90 Å². The zero-order valence-corrected chi connectivity index (χ0v) is 20.9. The molecule has 1 heterocycles. The highest BCUT2D eigenvalue weighted by atomic mass is 32.2. The highest BCUT2D eigenvalue weighted by molar-refractivity contribution is 7.89. The molecule has 8 heteroatoms. The molecule has 0 bridgehead atoms. The topological polar surface area (TPSA) is 90.1 Å². The van der Waals surface area contributed by atoms with Crippen LogP contribution < -0.4 is 10.0 Å². The van der Waals surface area contributed by atoms with E-state index in [4.69, 9.17) is 5.14 Å². The number of hydrogen-bond donors (Lipinski definition) is 2. The lowest BCUT2D eigenvalue weighted by Gasteiger charge is -2.35. The largest absolute Gasteiger partial charge is 0.387 e. The number of sulfonamides is 1. The smallest absolute Gasteiger partial charge is 0.240 e. The Kier molecular flexibility index (Phi) is 8.20. The van der Waals surface area contributed by atoms with Gasteiger partial charge in [-0.05, 0) is 35.9 Å². The third-order valence-electron chi connectivity index (χ3n) is 6.45. The fraction of sp³-hybridized carbons (Fsp3) is 0.333. The summed E-state index contributed by atoms with van der Waals surface area (Å²) in [7, 11) is -1.91. The van der Waals surface area contributed by atoms with E-state index >= 15 is 0 Å². The number of primary sulfonamides is 1. The van der Waals surface area contributed by atoms with Gasteiger partial charge in [0.25, 0.3) is 0 Å². The average Bonchev–Trinajstić information content (AvgIpc) is 2.85. The van der Waals surface area contributed by atoms with Crippen LogP contribution in [0.25, 0.3) is 0 Å². The highest BCUT2D eigenvalue weighted by Crippen LogP contribution is 2.29. The molecular formula is C27H34N4O3S. The predicted molar refractivity (Wildman–Crippen MR) is 139 cm³/mol. The number of rotatable bonds is 9. The first kappa shape index (κ1) is 25.3. The van der Waals surface area contributed by atoms with Crippen molar-refractivity contribution < 1.29 is 13.5 Å². The maximum absolute atomic E-state index is 12.5. The van der Waals surface area contributed by atoms with E-state index in [-0.39, 0.29) is 4.90 Å². The van der Waals surface area contributed by atoms with E-state index in [0.29, 0.717) is 30.9 Å². The van der Waals surface area contributed by atoms with E-state index in [1.54, 1.807) is 6.07 Å². The highest BCUT2D eigenvalue weighted by Gasteiger charge is 2.24. The molecule has 1 aliphatic heterocycles. The fourth-order valence-electron chi connectivity index (χ4n) is 4.49. The van der Waals surface area contributed by atoms with E-state index in [9.17, 15) is 13.5 Å². The second-order valence-corrected chi connectivity index (χ2v) is 10.7. The fourth-order valence-corrected chi connectivity index (χ4v) is 5.28. The number of likely N-dealkylation sites (N-methyl/N-ethyl adjacent to an activating group) is 1. The number of hydrogen-bond acceptors (Lipinski definition) is 6. The van der Waals surface area contributed by atoms with Gasteiger partial charge in [0, 0.05) is 45.8 Å². The molecule has 35 heavy (non-hydrogen) atoms. The summed E-state index contributed by atoms with van der Waals surface area (Å²) in [5.74, 6) is 0. The maximum Gasteiger partial charge on any atom is 0.240 e. The van der Waals surface area contributed by atoms with Gasteiger partial charge in [-0.25, -0.2) is 13.6 Å². The molecule has 4 rings (SSSR count). The number of piperazine rings is 1. The first-order chi connectivity index (χ1) is 16.8. The molecule has 1 atom stereocenters. The molecule has 0 aromatic heterocycles. The molecule has 1 unspecified atom stereocenters. The quantitative estimate of drug-likeness (QED) is 0.476. The summed E-state index contributed by atoms with van der Waals surface area (Å²) in [6, 6.07) is 25.4. The van der Waals surface area contributed by atoms with Crippen LogP contribution in [0.2, 0.25) is 0 Å². The lowest BCUT2D eigenvalue weighted by atomic mass is 10.1. The normalized spacial score (nSPS) is 15.9. The monoisotopic (exact) mass is 494 g/mol. The van der Waals surface area contributed by atoms with Crippen molar-refractivity contribution in [1.82, 2.24) is 9.80 Å². The van der Waals surface area contributed by atoms with Crippen LogP contribution in [-0.2, 0) is 23.1 Å². The van der Waals surface area contributed by atoms with Crippen LogP contribution in [0.4, 0.5) is 5.69 Å². The summed E-state index contributed by atoms with van der Waals surface area (Å²) in [5.41, 5.74) is 3.43. The van der Waals surface area contributed by atoms with E-state index in [1.165, 1.54) is 6.07 Å². The van der Waals surface area contributed by atoms with Crippen molar-refractivity contribution in [3.63, 3.8) is 0 Å². The summed E-state index contributed by atoms with van der Waals surface area (Å²) in [5, 5.41) is 16.8. The van der Waals surface area contributed by atoms with Crippen molar-refractivity contribution in [2.75, 3.05) is 44.7 Å². The van der Waals surface area contributed by atoms with Gasteiger partial charge < -0.3 is 14.9 Å². The third kappa shape index (κ3) is 6.90. The van der Waals surface area contributed by atoms with Crippen LogP contribution in [0.5, 0.6) is 0 Å². The Labute approximate surface area is 208 Å². The standard InChI is InChI=1S/C27H34N4O3S/c1-29-14-16-31(17-15-29)25-13-12-24(18-27(25)35(28,33)34)26(32)21-30(19-22-8-4-2-5-9-22)20-23-10-6-3-7-11-23/h2-13,18,26,32H,14-17,19-21H2,1H3,(H2,28,33,34).